The molecule has 2 rings (SSSR count). The molecule has 2 bridgehead atoms. The monoisotopic (exact) mass is 224 g/mol. The SMILES string of the molecule is CC1=N/C=C\c2cc(SF)cc(n2)NN1. The van der Waals surface area contributed by atoms with Crippen LogP contribution < -0.4 is 10.9 Å². The van der Waals surface area contributed by atoms with Crippen molar-refractivity contribution in [3.8, 4) is 0 Å². The second-order valence-corrected chi connectivity index (χ2v) is 3.60. The average Bonchev–Trinajstić information content (AvgIpc) is 2.30. The molecule has 0 unspecified atom stereocenters. The van der Waals surface area contributed by atoms with Gasteiger partial charge in [-0.15, -0.1) is 0 Å². The summed E-state index contributed by atoms with van der Waals surface area (Å²) in [6.45, 7) is 1.82. The normalized spacial score (nSPS) is 16.3. The van der Waals surface area contributed by atoms with Crippen LogP contribution in [0, 0.1) is 0 Å². The van der Waals surface area contributed by atoms with Crippen LogP contribution in [0.2, 0.25) is 0 Å². The van der Waals surface area contributed by atoms with E-state index in [0.29, 0.717) is 22.2 Å². The van der Waals surface area contributed by atoms with Crippen LogP contribution in [-0.4, -0.2) is 10.8 Å². The van der Waals surface area contributed by atoms with Crippen molar-refractivity contribution in [3.63, 3.8) is 0 Å². The van der Waals surface area contributed by atoms with E-state index in [1.807, 2.05) is 6.92 Å². The Morgan fingerprint density at radius 3 is 3.00 bits per heavy atom. The van der Waals surface area contributed by atoms with Crippen molar-refractivity contribution in [2.45, 2.75) is 11.8 Å². The molecular formula is C9H9FN4S. The molecule has 0 amide bonds. The zero-order chi connectivity index (χ0) is 10.7. The summed E-state index contributed by atoms with van der Waals surface area (Å²) in [5.41, 5.74) is 6.35. The predicted molar refractivity (Wildman–Crippen MR) is 60.1 cm³/mol. The Morgan fingerprint density at radius 2 is 2.20 bits per heavy atom. The highest BCUT2D eigenvalue weighted by Crippen LogP contribution is 2.23. The predicted octanol–water partition coefficient (Wildman–Crippen LogP) is 2.38. The van der Waals surface area contributed by atoms with Gasteiger partial charge in [-0.3, -0.25) is 10.9 Å². The van der Waals surface area contributed by atoms with E-state index in [0.717, 1.165) is 0 Å². The molecule has 0 atom stereocenters. The molecule has 0 saturated carbocycles. The first kappa shape index (κ1) is 9.97. The third-order valence-electron chi connectivity index (χ3n) is 1.79. The van der Waals surface area contributed by atoms with E-state index in [-0.39, 0.29) is 12.1 Å². The van der Waals surface area contributed by atoms with Gasteiger partial charge in [0, 0.05) is 11.1 Å². The molecule has 4 nitrogen and oxygen atoms in total. The fraction of sp³-hybridized carbons (Fsp3) is 0.111. The summed E-state index contributed by atoms with van der Waals surface area (Å²) >= 11 is 0.191. The number of nitrogens with zero attached hydrogens (tertiary/aromatic N) is 2. The van der Waals surface area contributed by atoms with E-state index in [1.165, 1.54) is 0 Å². The van der Waals surface area contributed by atoms with E-state index < -0.39 is 0 Å². The summed E-state index contributed by atoms with van der Waals surface area (Å²) < 4.78 is 12.4. The lowest BCUT2D eigenvalue weighted by atomic mass is 10.3. The van der Waals surface area contributed by atoms with Gasteiger partial charge in [-0.2, -0.15) is 3.89 Å². The molecule has 2 heterocycles. The molecule has 1 aliphatic rings. The first-order valence-electron chi connectivity index (χ1n) is 4.31. The summed E-state index contributed by atoms with van der Waals surface area (Å²) in [7, 11) is 0. The topological polar surface area (TPSA) is 49.3 Å². The largest absolute Gasteiger partial charge is 0.287 e. The summed E-state index contributed by atoms with van der Waals surface area (Å²) in [6.07, 6.45) is 3.34. The Hall–Kier alpha value is -1.56. The molecule has 0 fully saturated rings. The smallest absolute Gasteiger partial charge is 0.146 e. The van der Waals surface area contributed by atoms with E-state index in [4.69, 9.17) is 0 Å². The molecule has 1 aliphatic heterocycles. The molecule has 1 aromatic heterocycles. The molecule has 0 aromatic carbocycles. The minimum atomic E-state index is 0.191. The van der Waals surface area contributed by atoms with Crippen LogP contribution in [0.4, 0.5) is 9.70 Å². The van der Waals surface area contributed by atoms with Crippen LogP contribution in [0.1, 0.15) is 12.6 Å². The van der Waals surface area contributed by atoms with Crippen molar-refractivity contribution in [2.75, 3.05) is 5.43 Å². The Labute approximate surface area is 91.0 Å². The number of hydrogen-bond acceptors (Lipinski definition) is 5. The first-order chi connectivity index (χ1) is 7.28. The molecule has 0 aliphatic carbocycles. The number of aliphatic imine (C=N–C) groups is 1. The number of nitrogens with one attached hydrogen (secondary N) is 2. The first-order valence-corrected chi connectivity index (χ1v) is 5.03. The number of hydrogen-bond donors (Lipinski definition) is 2. The molecule has 78 valence electrons. The Morgan fingerprint density at radius 1 is 1.33 bits per heavy atom. The number of rotatable bonds is 1. The minimum absolute atomic E-state index is 0.191. The second-order valence-electron chi connectivity index (χ2n) is 2.97. The van der Waals surface area contributed by atoms with Crippen molar-refractivity contribution in [1.29, 1.82) is 0 Å². The molecule has 0 radical (unpaired) electrons. The van der Waals surface area contributed by atoms with Crippen molar-refractivity contribution in [3.05, 3.63) is 24.0 Å². The summed E-state index contributed by atoms with van der Waals surface area (Å²) in [5, 5.41) is 0. The summed E-state index contributed by atoms with van der Waals surface area (Å²) in [5.74, 6) is 1.28. The van der Waals surface area contributed by atoms with Gasteiger partial charge in [-0.05, 0) is 25.1 Å². The van der Waals surface area contributed by atoms with E-state index >= 15 is 0 Å². The Balaban J connectivity index is 2.41. The van der Waals surface area contributed by atoms with E-state index in [2.05, 4.69) is 20.8 Å². The maximum absolute atomic E-state index is 12.4. The molecule has 0 spiro atoms. The zero-order valence-corrected chi connectivity index (χ0v) is 8.81. The quantitative estimate of drug-likeness (QED) is 0.769. The molecule has 2 N–H and O–H groups in total. The van der Waals surface area contributed by atoms with Crippen molar-refractivity contribution in [1.82, 2.24) is 10.4 Å². The summed E-state index contributed by atoms with van der Waals surface area (Å²) in [6, 6.07) is 3.27. The number of hydrazine groups is 1. The number of halogens is 1. The standard InChI is InChI=1S/C9H9FN4S/c1-6-11-3-2-7-4-8(15-10)5-9(12-7)14-13-6/h2-5H,1H3,(H,11,13)(H,12,14)/b3-2-. The maximum Gasteiger partial charge on any atom is 0.146 e. The van der Waals surface area contributed by atoms with Gasteiger partial charge in [0.1, 0.15) is 11.7 Å². The number of fused-ring (bicyclic) bond motifs is 2. The van der Waals surface area contributed by atoms with Gasteiger partial charge in [-0.25, -0.2) is 9.98 Å². The molecule has 6 heteroatoms. The fourth-order valence-electron chi connectivity index (χ4n) is 1.13. The van der Waals surface area contributed by atoms with Gasteiger partial charge in [0.25, 0.3) is 0 Å². The third kappa shape index (κ3) is 2.47. The Bertz CT molecular complexity index is 426. The van der Waals surface area contributed by atoms with Crippen LogP contribution >= 0.6 is 12.1 Å². The second kappa shape index (κ2) is 4.31. The lowest BCUT2D eigenvalue weighted by molar-refractivity contribution is 0.932. The van der Waals surface area contributed by atoms with Gasteiger partial charge in [0.15, 0.2) is 0 Å². The van der Waals surface area contributed by atoms with Crippen LogP contribution in [0.5, 0.6) is 0 Å². The van der Waals surface area contributed by atoms with E-state index in [9.17, 15) is 3.89 Å². The van der Waals surface area contributed by atoms with Crippen molar-refractivity contribution < 1.29 is 3.89 Å². The van der Waals surface area contributed by atoms with Gasteiger partial charge in [0.2, 0.25) is 0 Å². The zero-order valence-electron chi connectivity index (χ0n) is 7.99. The fourth-order valence-corrected chi connectivity index (χ4v) is 1.45. The van der Waals surface area contributed by atoms with Crippen LogP contribution in [0.3, 0.4) is 0 Å². The highest BCUT2D eigenvalue weighted by molar-refractivity contribution is 7.94. The Kier molecular flexibility index (Phi) is 2.86. The van der Waals surface area contributed by atoms with Crippen molar-refractivity contribution in [2.24, 2.45) is 4.99 Å². The van der Waals surface area contributed by atoms with E-state index in [1.54, 1.807) is 24.4 Å². The average molecular weight is 224 g/mol. The lowest BCUT2D eigenvalue weighted by Gasteiger charge is -2.07. The van der Waals surface area contributed by atoms with Gasteiger partial charge in [-0.1, -0.05) is 0 Å². The third-order valence-corrected chi connectivity index (χ3v) is 2.21. The highest BCUT2D eigenvalue weighted by atomic mass is 32.2. The molecular weight excluding hydrogens is 215 g/mol. The molecule has 0 saturated heterocycles. The molecule has 15 heavy (non-hydrogen) atoms. The highest BCUT2D eigenvalue weighted by Gasteiger charge is 2.03. The number of pyridine rings is 1. The van der Waals surface area contributed by atoms with Crippen molar-refractivity contribution >= 4 is 29.9 Å². The lowest BCUT2D eigenvalue weighted by Crippen LogP contribution is -2.27. The van der Waals surface area contributed by atoms with Gasteiger partial charge >= 0.3 is 0 Å². The summed E-state index contributed by atoms with van der Waals surface area (Å²) in [4.78, 5) is 8.81. The number of anilines is 1. The van der Waals surface area contributed by atoms with Crippen LogP contribution in [-0.2, 0) is 0 Å². The number of amidine groups is 1. The van der Waals surface area contributed by atoms with Crippen LogP contribution in [0.25, 0.3) is 6.08 Å². The van der Waals surface area contributed by atoms with Gasteiger partial charge in [0.05, 0.1) is 17.8 Å². The van der Waals surface area contributed by atoms with Gasteiger partial charge < -0.3 is 0 Å². The molecule has 1 aromatic rings. The maximum atomic E-state index is 12.4. The number of aromatic nitrogens is 1. The van der Waals surface area contributed by atoms with Crippen LogP contribution in [0.15, 0.2) is 28.2 Å². The minimum Gasteiger partial charge on any atom is -0.287 e.